The lowest BCUT2D eigenvalue weighted by atomic mass is 10.0. The van der Waals surface area contributed by atoms with E-state index in [1.165, 1.54) is 34.7 Å². The molecule has 174 valence electrons. The van der Waals surface area contributed by atoms with Gasteiger partial charge in [0.2, 0.25) is 11.8 Å². The highest BCUT2D eigenvalue weighted by Crippen LogP contribution is 2.32. The van der Waals surface area contributed by atoms with Gasteiger partial charge in [0, 0.05) is 29.2 Å². The lowest BCUT2D eigenvalue weighted by Crippen LogP contribution is -2.33. The Morgan fingerprint density at radius 3 is 2.32 bits per heavy atom. The molecule has 2 aromatic heterocycles. The molecule has 0 aliphatic carbocycles. The monoisotopic (exact) mass is 474 g/mol. The fraction of sp³-hybridized carbons (Fsp3) is 0.231. The van der Waals surface area contributed by atoms with Crippen LogP contribution in [0.1, 0.15) is 37.4 Å². The fourth-order valence-corrected chi connectivity index (χ4v) is 4.77. The maximum absolute atomic E-state index is 13.5. The first-order chi connectivity index (χ1) is 16.3. The van der Waals surface area contributed by atoms with Crippen LogP contribution in [0.3, 0.4) is 0 Å². The summed E-state index contributed by atoms with van der Waals surface area (Å²) >= 11 is 1.42. The van der Waals surface area contributed by atoms with Gasteiger partial charge in [0.15, 0.2) is 0 Å². The molecule has 4 rings (SSSR count). The molecule has 34 heavy (non-hydrogen) atoms. The molecule has 7 nitrogen and oxygen atoms in total. The molecule has 2 amide bonds. The van der Waals surface area contributed by atoms with Crippen LogP contribution in [0.5, 0.6) is 0 Å². The zero-order valence-electron chi connectivity index (χ0n) is 19.5. The van der Waals surface area contributed by atoms with Gasteiger partial charge in [-0.05, 0) is 61.2 Å². The average Bonchev–Trinajstić information content (AvgIpc) is 3.24. The van der Waals surface area contributed by atoms with Crippen LogP contribution >= 0.6 is 11.3 Å². The average molecular weight is 475 g/mol. The predicted molar refractivity (Wildman–Crippen MR) is 137 cm³/mol. The van der Waals surface area contributed by atoms with Gasteiger partial charge in [0.1, 0.15) is 10.9 Å². The van der Waals surface area contributed by atoms with Gasteiger partial charge in [-0.15, -0.1) is 11.3 Å². The Kier molecular flexibility index (Phi) is 6.61. The Labute approximate surface area is 201 Å². The Bertz CT molecular complexity index is 1440. The molecule has 0 saturated heterocycles. The third-order valence-electron chi connectivity index (χ3n) is 5.84. The van der Waals surface area contributed by atoms with Crippen molar-refractivity contribution in [3.8, 4) is 11.1 Å². The minimum Gasteiger partial charge on any atom is -0.326 e. The van der Waals surface area contributed by atoms with E-state index in [2.05, 4.69) is 28.6 Å². The van der Waals surface area contributed by atoms with Crippen LogP contribution < -0.4 is 16.2 Å². The number of nitrogens with one attached hydrogen (secondary N) is 2. The summed E-state index contributed by atoms with van der Waals surface area (Å²) in [7, 11) is 0. The second kappa shape index (κ2) is 9.61. The molecule has 0 bridgehead atoms. The van der Waals surface area contributed by atoms with Crippen LogP contribution in [0.2, 0.25) is 0 Å². The van der Waals surface area contributed by atoms with Gasteiger partial charge in [-0.3, -0.25) is 19.0 Å². The first-order valence-corrected chi connectivity index (χ1v) is 11.9. The molecule has 4 aromatic rings. The number of fused-ring (bicyclic) bond motifs is 1. The van der Waals surface area contributed by atoms with Crippen LogP contribution in [0.15, 0.2) is 59.0 Å². The van der Waals surface area contributed by atoms with Crippen molar-refractivity contribution in [1.29, 1.82) is 0 Å². The van der Waals surface area contributed by atoms with E-state index in [0.717, 1.165) is 16.7 Å². The van der Waals surface area contributed by atoms with Gasteiger partial charge >= 0.3 is 0 Å². The summed E-state index contributed by atoms with van der Waals surface area (Å²) in [5, 5.41) is 8.03. The standard InChI is InChI=1S/C26H26N4O3S/c1-5-22(24(32)29-20-10-8-19(9-11-20)28-17(4)31)30-14-27-25-23(26(30)33)21(13-34-25)18-7-6-15(2)16(3)12-18/h6-14,22H,5H2,1-4H3,(H,28,31)(H,29,32). The lowest BCUT2D eigenvalue weighted by molar-refractivity contribution is -0.119. The summed E-state index contributed by atoms with van der Waals surface area (Å²) < 4.78 is 1.42. The number of aromatic nitrogens is 2. The van der Waals surface area contributed by atoms with Gasteiger partial charge in [-0.25, -0.2) is 4.98 Å². The molecule has 2 aromatic carbocycles. The number of hydrogen-bond acceptors (Lipinski definition) is 5. The number of aryl methyl sites for hydroxylation is 2. The molecule has 2 N–H and O–H groups in total. The van der Waals surface area contributed by atoms with E-state index in [4.69, 9.17) is 0 Å². The maximum Gasteiger partial charge on any atom is 0.263 e. The molecule has 0 spiro atoms. The van der Waals surface area contributed by atoms with Crippen molar-refractivity contribution in [2.24, 2.45) is 0 Å². The molecule has 0 aliphatic heterocycles. The number of rotatable bonds is 6. The molecule has 2 heterocycles. The number of anilines is 2. The topological polar surface area (TPSA) is 93.1 Å². The van der Waals surface area contributed by atoms with E-state index < -0.39 is 6.04 Å². The lowest BCUT2D eigenvalue weighted by Gasteiger charge is -2.18. The number of carbonyl (C=O) groups is 2. The molecule has 1 atom stereocenters. The zero-order valence-corrected chi connectivity index (χ0v) is 20.3. The predicted octanol–water partition coefficient (Wildman–Crippen LogP) is 5.29. The molecular weight excluding hydrogens is 448 g/mol. The Balaban J connectivity index is 1.66. The van der Waals surface area contributed by atoms with Gasteiger partial charge in [0.05, 0.1) is 11.7 Å². The maximum atomic E-state index is 13.5. The molecule has 0 saturated carbocycles. The summed E-state index contributed by atoms with van der Waals surface area (Å²) in [5.74, 6) is -0.473. The van der Waals surface area contributed by atoms with Gasteiger partial charge in [0.25, 0.3) is 5.56 Å². The second-order valence-corrected chi connectivity index (χ2v) is 9.12. The number of carbonyl (C=O) groups excluding carboxylic acids is 2. The molecule has 0 fully saturated rings. The third-order valence-corrected chi connectivity index (χ3v) is 6.72. The Hall–Kier alpha value is -3.78. The highest BCUT2D eigenvalue weighted by molar-refractivity contribution is 7.17. The highest BCUT2D eigenvalue weighted by atomic mass is 32.1. The summed E-state index contributed by atoms with van der Waals surface area (Å²) in [5.41, 5.74) is 5.11. The molecule has 0 radical (unpaired) electrons. The second-order valence-electron chi connectivity index (χ2n) is 8.26. The smallest absolute Gasteiger partial charge is 0.263 e. The van der Waals surface area contributed by atoms with Crippen molar-refractivity contribution >= 4 is 44.7 Å². The summed E-state index contributed by atoms with van der Waals surface area (Å²) in [6, 6.07) is 12.2. The fourth-order valence-electron chi connectivity index (χ4n) is 3.86. The minimum atomic E-state index is -0.716. The normalized spacial score (nSPS) is 11.9. The third kappa shape index (κ3) is 4.63. The summed E-state index contributed by atoms with van der Waals surface area (Å²) in [6.45, 7) is 7.39. The van der Waals surface area contributed by atoms with Crippen molar-refractivity contribution in [3.05, 3.63) is 75.7 Å². The number of thiophene rings is 1. The van der Waals surface area contributed by atoms with Crippen molar-refractivity contribution in [2.45, 2.75) is 40.2 Å². The van der Waals surface area contributed by atoms with Crippen molar-refractivity contribution in [1.82, 2.24) is 9.55 Å². The number of nitrogens with zero attached hydrogens (tertiary/aromatic N) is 2. The first kappa shape index (κ1) is 23.4. The van der Waals surface area contributed by atoms with E-state index in [0.29, 0.717) is 28.0 Å². The van der Waals surface area contributed by atoms with Gasteiger partial charge in [-0.1, -0.05) is 25.1 Å². The van der Waals surface area contributed by atoms with Crippen LogP contribution in [0, 0.1) is 13.8 Å². The van der Waals surface area contributed by atoms with Crippen LogP contribution in [0.4, 0.5) is 11.4 Å². The number of benzene rings is 2. The molecule has 8 heteroatoms. The van der Waals surface area contributed by atoms with Gasteiger partial charge < -0.3 is 10.6 Å². The SMILES string of the molecule is CCC(C(=O)Nc1ccc(NC(C)=O)cc1)n1cnc2scc(-c3ccc(C)c(C)c3)c2c1=O. The Morgan fingerprint density at radius 1 is 1.03 bits per heavy atom. The quantitative estimate of drug-likeness (QED) is 0.397. The van der Waals surface area contributed by atoms with E-state index in [9.17, 15) is 14.4 Å². The molecular formula is C26H26N4O3S. The molecule has 1 unspecified atom stereocenters. The number of hydrogen-bond donors (Lipinski definition) is 2. The largest absolute Gasteiger partial charge is 0.326 e. The van der Waals surface area contributed by atoms with Crippen molar-refractivity contribution in [3.63, 3.8) is 0 Å². The molecule has 0 aliphatic rings. The van der Waals surface area contributed by atoms with E-state index in [1.807, 2.05) is 31.4 Å². The summed E-state index contributed by atoms with van der Waals surface area (Å²) in [6.07, 6.45) is 1.88. The summed E-state index contributed by atoms with van der Waals surface area (Å²) in [4.78, 5) is 43.0. The van der Waals surface area contributed by atoms with E-state index >= 15 is 0 Å². The van der Waals surface area contributed by atoms with Crippen LogP contribution in [-0.4, -0.2) is 21.4 Å². The van der Waals surface area contributed by atoms with Crippen molar-refractivity contribution < 1.29 is 9.59 Å². The van der Waals surface area contributed by atoms with Crippen LogP contribution in [0.25, 0.3) is 21.3 Å². The Morgan fingerprint density at radius 2 is 1.71 bits per heavy atom. The first-order valence-electron chi connectivity index (χ1n) is 11.0. The number of amides is 2. The zero-order chi connectivity index (χ0) is 24.4. The van der Waals surface area contributed by atoms with E-state index in [-0.39, 0.29) is 17.4 Å². The van der Waals surface area contributed by atoms with E-state index in [1.54, 1.807) is 24.3 Å². The minimum absolute atomic E-state index is 0.168. The van der Waals surface area contributed by atoms with Crippen LogP contribution in [-0.2, 0) is 9.59 Å². The highest BCUT2D eigenvalue weighted by Gasteiger charge is 2.23. The van der Waals surface area contributed by atoms with Crippen molar-refractivity contribution in [2.75, 3.05) is 10.6 Å². The van der Waals surface area contributed by atoms with Gasteiger partial charge in [-0.2, -0.15) is 0 Å².